The number of carbonyl (C=O) groups is 1. The molecule has 2 N–H and O–H groups in total. The Kier molecular flexibility index (Phi) is 6.10. The quantitative estimate of drug-likeness (QED) is 0.712. The molecule has 0 unspecified atom stereocenters. The molecule has 0 aromatic heterocycles. The van der Waals surface area contributed by atoms with Crippen molar-refractivity contribution in [3.63, 3.8) is 0 Å². The first-order valence-corrected chi connectivity index (χ1v) is 6.00. The zero-order valence-corrected chi connectivity index (χ0v) is 10.5. The Morgan fingerprint density at radius 1 is 1.29 bits per heavy atom. The Bertz CT molecular complexity index is 353. The van der Waals surface area contributed by atoms with Gasteiger partial charge in [-0.1, -0.05) is 19.1 Å². The monoisotopic (exact) mass is 236 g/mol. The van der Waals surface area contributed by atoms with Crippen LogP contribution in [0.4, 0.5) is 5.69 Å². The molecule has 0 saturated carbocycles. The van der Waals surface area contributed by atoms with Crippen molar-refractivity contribution in [1.82, 2.24) is 5.32 Å². The zero-order chi connectivity index (χ0) is 12.5. The number of amides is 1. The predicted octanol–water partition coefficient (Wildman–Crippen LogP) is 2.02. The Morgan fingerprint density at radius 3 is 2.76 bits per heavy atom. The van der Waals surface area contributed by atoms with Gasteiger partial charge in [0.25, 0.3) is 0 Å². The molecule has 1 amide bonds. The van der Waals surface area contributed by atoms with Gasteiger partial charge >= 0.3 is 0 Å². The standard InChI is InChI=1S/C13H20N2O2/c1-3-14-10-9-13(16)15-11-7-5-6-8-12(11)17-4-2/h5-8,14H,3-4,9-10H2,1-2H3,(H,15,16). The number of carbonyl (C=O) groups excluding carboxylic acids is 1. The second-order valence-corrected chi connectivity index (χ2v) is 3.58. The van der Waals surface area contributed by atoms with Crippen molar-refractivity contribution in [2.24, 2.45) is 0 Å². The van der Waals surface area contributed by atoms with Crippen LogP contribution in [0.15, 0.2) is 24.3 Å². The second-order valence-electron chi connectivity index (χ2n) is 3.58. The predicted molar refractivity (Wildman–Crippen MR) is 69.4 cm³/mol. The lowest BCUT2D eigenvalue weighted by Crippen LogP contribution is -2.21. The highest BCUT2D eigenvalue weighted by atomic mass is 16.5. The zero-order valence-electron chi connectivity index (χ0n) is 10.5. The summed E-state index contributed by atoms with van der Waals surface area (Å²) in [4.78, 5) is 11.6. The smallest absolute Gasteiger partial charge is 0.225 e. The van der Waals surface area contributed by atoms with Crippen molar-refractivity contribution < 1.29 is 9.53 Å². The fourth-order valence-electron chi connectivity index (χ4n) is 1.44. The van der Waals surface area contributed by atoms with E-state index >= 15 is 0 Å². The lowest BCUT2D eigenvalue weighted by Gasteiger charge is -2.11. The largest absolute Gasteiger partial charge is 0.492 e. The molecule has 0 aliphatic heterocycles. The number of anilines is 1. The van der Waals surface area contributed by atoms with Gasteiger partial charge in [-0.15, -0.1) is 0 Å². The summed E-state index contributed by atoms with van der Waals surface area (Å²) in [5.41, 5.74) is 0.732. The summed E-state index contributed by atoms with van der Waals surface area (Å²) in [5, 5.41) is 5.96. The highest BCUT2D eigenvalue weighted by Gasteiger charge is 2.06. The van der Waals surface area contributed by atoms with Crippen LogP contribution in [0.2, 0.25) is 0 Å². The lowest BCUT2D eigenvalue weighted by molar-refractivity contribution is -0.116. The van der Waals surface area contributed by atoms with Crippen LogP contribution < -0.4 is 15.4 Å². The van der Waals surface area contributed by atoms with E-state index in [-0.39, 0.29) is 5.91 Å². The summed E-state index contributed by atoms with van der Waals surface area (Å²) in [7, 11) is 0. The molecule has 0 fully saturated rings. The lowest BCUT2D eigenvalue weighted by atomic mass is 10.2. The Morgan fingerprint density at radius 2 is 2.06 bits per heavy atom. The van der Waals surface area contributed by atoms with Gasteiger partial charge in [0.05, 0.1) is 12.3 Å². The third-order valence-corrected chi connectivity index (χ3v) is 2.24. The van der Waals surface area contributed by atoms with E-state index in [1.54, 1.807) is 0 Å². The number of benzene rings is 1. The van der Waals surface area contributed by atoms with Gasteiger partial charge < -0.3 is 15.4 Å². The maximum atomic E-state index is 11.6. The summed E-state index contributed by atoms with van der Waals surface area (Å²) < 4.78 is 5.43. The number of ether oxygens (including phenoxy) is 1. The summed E-state index contributed by atoms with van der Waals surface area (Å²) in [6.07, 6.45) is 0.467. The van der Waals surface area contributed by atoms with E-state index in [9.17, 15) is 4.79 Å². The molecule has 4 nitrogen and oxygen atoms in total. The molecular weight excluding hydrogens is 216 g/mol. The SMILES string of the molecule is CCNCCC(=O)Nc1ccccc1OCC. The molecule has 0 saturated heterocycles. The van der Waals surface area contributed by atoms with Gasteiger partial charge in [-0.25, -0.2) is 0 Å². The van der Waals surface area contributed by atoms with Crippen LogP contribution in [-0.2, 0) is 4.79 Å². The molecule has 17 heavy (non-hydrogen) atoms. The highest BCUT2D eigenvalue weighted by molar-refractivity contribution is 5.92. The van der Waals surface area contributed by atoms with Gasteiger partial charge in [0, 0.05) is 13.0 Å². The molecule has 1 aromatic carbocycles. The average molecular weight is 236 g/mol. The molecule has 0 bridgehead atoms. The van der Waals surface area contributed by atoms with Crippen LogP contribution in [0, 0.1) is 0 Å². The van der Waals surface area contributed by atoms with E-state index in [1.165, 1.54) is 0 Å². The minimum atomic E-state index is -0.00176. The number of hydrogen-bond acceptors (Lipinski definition) is 3. The van der Waals surface area contributed by atoms with E-state index in [1.807, 2.05) is 38.1 Å². The normalized spacial score (nSPS) is 10.0. The molecule has 1 rings (SSSR count). The molecule has 0 aliphatic carbocycles. The molecule has 1 aromatic rings. The maximum Gasteiger partial charge on any atom is 0.225 e. The van der Waals surface area contributed by atoms with Gasteiger partial charge in [0.15, 0.2) is 0 Å². The van der Waals surface area contributed by atoms with Crippen LogP contribution in [0.5, 0.6) is 5.75 Å². The van der Waals surface area contributed by atoms with Gasteiger partial charge in [-0.05, 0) is 25.6 Å². The van der Waals surface area contributed by atoms with E-state index in [0.717, 1.165) is 12.2 Å². The van der Waals surface area contributed by atoms with E-state index < -0.39 is 0 Å². The molecule has 0 heterocycles. The molecule has 0 spiro atoms. The fourth-order valence-corrected chi connectivity index (χ4v) is 1.44. The molecule has 0 atom stereocenters. The average Bonchev–Trinajstić information content (AvgIpc) is 2.32. The fraction of sp³-hybridized carbons (Fsp3) is 0.462. The number of para-hydroxylation sites is 2. The van der Waals surface area contributed by atoms with E-state index in [4.69, 9.17) is 4.74 Å². The summed E-state index contributed by atoms with van der Waals surface area (Å²) in [6.45, 7) is 6.10. The second kappa shape index (κ2) is 7.68. The topological polar surface area (TPSA) is 50.4 Å². The molecule has 4 heteroatoms. The van der Waals surface area contributed by atoms with Crippen molar-refractivity contribution in [3.05, 3.63) is 24.3 Å². The summed E-state index contributed by atoms with van der Waals surface area (Å²) >= 11 is 0. The van der Waals surface area contributed by atoms with Crippen molar-refractivity contribution in [1.29, 1.82) is 0 Å². The third kappa shape index (κ3) is 4.87. The van der Waals surface area contributed by atoms with Gasteiger partial charge in [-0.3, -0.25) is 4.79 Å². The van der Waals surface area contributed by atoms with Gasteiger partial charge in [0.1, 0.15) is 5.75 Å². The Hall–Kier alpha value is -1.55. The van der Waals surface area contributed by atoms with Crippen LogP contribution in [0.25, 0.3) is 0 Å². The number of nitrogens with one attached hydrogen (secondary N) is 2. The minimum Gasteiger partial charge on any atom is -0.492 e. The maximum absolute atomic E-state index is 11.6. The van der Waals surface area contributed by atoms with E-state index in [2.05, 4.69) is 10.6 Å². The summed E-state index contributed by atoms with van der Waals surface area (Å²) in [6, 6.07) is 7.46. The van der Waals surface area contributed by atoms with Crippen molar-refractivity contribution >= 4 is 11.6 Å². The first kappa shape index (κ1) is 13.5. The van der Waals surface area contributed by atoms with Crippen molar-refractivity contribution in [2.75, 3.05) is 25.0 Å². The van der Waals surface area contributed by atoms with Crippen LogP contribution in [-0.4, -0.2) is 25.6 Å². The third-order valence-electron chi connectivity index (χ3n) is 2.24. The van der Waals surface area contributed by atoms with Crippen LogP contribution in [0.3, 0.4) is 0 Å². The minimum absolute atomic E-state index is 0.00176. The van der Waals surface area contributed by atoms with Gasteiger partial charge in [-0.2, -0.15) is 0 Å². The number of hydrogen-bond donors (Lipinski definition) is 2. The molecule has 94 valence electrons. The van der Waals surface area contributed by atoms with E-state index in [0.29, 0.717) is 25.3 Å². The van der Waals surface area contributed by atoms with Crippen LogP contribution in [0.1, 0.15) is 20.3 Å². The van der Waals surface area contributed by atoms with Crippen molar-refractivity contribution in [2.45, 2.75) is 20.3 Å². The van der Waals surface area contributed by atoms with Crippen molar-refractivity contribution in [3.8, 4) is 5.75 Å². The van der Waals surface area contributed by atoms with Crippen LogP contribution >= 0.6 is 0 Å². The first-order chi connectivity index (χ1) is 8.27. The summed E-state index contributed by atoms with van der Waals surface area (Å²) in [5.74, 6) is 0.713. The molecule has 0 radical (unpaired) electrons. The van der Waals surface area contributed by atoms with Gasteiger partial charge in [0.2, 0.25) is 5.91 Å². The molecule has 0 aliphatic rings. The highest BCUT2D eigenvalue weighted by Crippen LogP contribution is 2.23. The Balaban J connectivity index is 2.52. The first-order valence-electron chi connectivity index (χ1n) is 6.00. The number of rotatable bonds is 7. The Labute approximate surface area is 102 Å². The molecular formula is C13H20N2O2.